The number of aliphatic hydroxyl groups is 1. The number of benzene rings is 1. The van der Waals surface area contributed by atoms with Crippen molar-refractivity contribution in [3.05, 3.63) is 35.4 Å². The Kier molecular flexibility index (Phi) is 1.92. The lowest BCUT2D eigenvalue weighted by Gasteiger charge is -2.34. The van der Waals surface area contributed by atoms with Crippen molar-refractivity contribution in [2.45, 2.75) is 38.2 Å². The molecule has 1 nitrogen and oxygen atoms in total. The van der Waals surface area contributed by atoms with Gasteiger partial charge in [0.1, 0.15) is 0 Å². The minimum Gasteiger partial charge on any atom is -0.388 e. The molecule has 0 bridgehead atoms. The van der Waals surface area contributed by atoms with Crippen LogP contribution < -0.4 is 0 Å². The molecule has 0 unspecified atom stereocenters. The molecular weight excluding hydrogens is 160 g/mol. The normalized spacial score (nSPS) is 25.3. The van der Waals surface area contributed by atoms with E-state index in [1.165, 1.54) is 5.56 Å². The zero-order chi connectivity index (χ0) is 9.47. The van der Waals surface area contributed by atoms with Crippen LogP contribution in [0.1, 0.15) is 43.9 Å². The van der Waals surface area contributed by atoms with Crippen molar-refractivity contribution in [1.29, 1.82) is 0 Å². The van der Waals surface area contributed by atoms with Crippen molar-refractivity contribution >= 4 is 0 Å². The predicted octanol–water partition coefficient (Wildman–Crippen LogP) is 2.79. The maximum atomic E-state index is 9.79. The monoisotopic (exact) mass is 176 g/mol. The summed E-state index contributed by atoms with van der Waals surface area (Å²) >= 11 is 0. The summed E-state index contributed by atoms with van der Waals surface area (Å²) in [5.74, 6) is 0. The Hall–Kier alpha value is -0.820. The molecule has 0 amide bonds. The van der Waals surface area contributed by atoms with Gasteiger partial charge in [0.2, 0.25) is 0 Å². The standard InChI is InChI=1S/C12H16O/c1-12(2)8-7-11(13)9-5-3-4-6-10(9)12/h3-6,11,13H,7-8H2,1-2H3/t11-/m0/s1. The molecule has 0 saturated heterocycles. The van der Waals surface area contributed by atoms with E-state index in [4.69, 9.17) is 0 Å². The molecule has 0 aromatic heterocycles. The van der Waals surface area contributed by atoms with Gasteiger partial charge in [0.05, 0.1) is 6.10 Å². The van der Waals surface area contributed by atoms with Crippen molar-refractivity contribution in [3.63, 3.8) is 0 Å². The summed E-state index contributed by atoms with van der Waals surface area (Å²) in [4.78, 5) is 0. The fourth-order valence-electron chi connectivity index (χ4n) is 2.19. The lowest BCUT2D eigenvalue weighted by Crippen LogP contribution is -2.25. The Bertz CT molecular complexity index is 315. The molecule has 1 aliphatic carbocycles. The van der Waals surface area contributed by atoms with Gasteiger partial charge in [-0.2, -0.15) is 0 Å². The SMILES string of the molecule is CC1(C)CC[C@H](O)c2ccccc21. The van der Waals surface area contributed by atoms with Crippen LogP contribution in [0.4, 0.5) is 0 Å². The summed E-state index contributed by atoms with van der Waals surface area (Å²) in [6.45, 7) is 4.50. The summed E-state index contributed by atoms with van der Waals surface area (Å²) in [5.41, 5.74) is 2.67. The van der Waals surface area contributed by atoms with Crippen LogP contribution >= 0.6 is 0 Å². The van der Waals surface area contributed by atoms with Gasteiger partial charge in [0.25, 0.3) is 0 Å². The van der Waals surface area contributed by atoms with Crippen LogP contribution in [-0.4, -0.2) is 5.11 Å². The van der Waals surface area contributed by atoms with E-state index in [0.717, 1.165) is 18.4 Å². The Morgan fingerprint density at radius 2 is 2.00 bits per heavy atom. The minimum atomic E-state index is -0.246. The second-order valence-electron chi connectivity index (χ2n) is 4.53. The van der Waals surface area contributed by atoms with Gasteiger partial charge in [0, 0.05) is 0 Å². The average molecular weight is 176 g/mol. The number of hydrogen-bond acceptors (Lipinski definition) is 1. The van der Waals surface area contributed by atoms with E-state index in [2.05, 4.69) is 26.0 Å². The first-order valence-corrected chi connectivity index (χ1v) is 4.89. The van der Waals surface area contributed by atoms with Crippen LogP contribution in [0.15, 0.2) is 24.3 Å². The Balaban J connectivity index is 2.55. The highest BCUT2D eigenvalue weighted by atomic mass is 16.3. The van der Waals surface area contributed by atoms with Crippen LogP contribution in [0.3, 0.4) is 0 Å². The summed E-state index contributed by atoms with van der Waals surface area (Å²) < 4.78 is 0. The first-order valence-electron chi connectivity index (χ1n) is 4.89. The highest BCUT2D eigenvalue weighted by Gasteiger charge is 2.30. The molecule has 13 heavy (non-hydrogen) atoms. The van der Waals surface area contributed by atoms with Gasteiger partial charge in [-0.3, -0.25) is 0 Å². The van der Waals surface area contributed by atoms with Crippen molar-refractivity contribution in [2.75, 3.05) is 0 Å². The molecule has 1 aromatic rings. The second kappa shape index (κ2) is 2.85. The first kappa shape index (κ1) is 8.76. The van der Waals surface area contributed by atoms with Crippen molar-refractivity contribution in [3.8, 4) is 0 Å². The molecule has 0 saturated carbocycles. The van der Waals surface area contributed by atoms with E-state index in [0.29, 0.717) is 0 Å². The zero-order valence-corrected chi connectivity index (χ0v) is 8.25. The summed E-state index contributed by atoms with van der Waals surface area (Å²) in [5, 5.41) is 9.79. The van der Waals surface area contributed by atoms with E-state index < -0.39 is 0 Å². The van der Waals surface area contributed by atoms with Crippen LogP contribution in [-0.2, 0) is 5.41 Å². The molecule has 1 aromatic carbocycles. The van der Waals surface area contributed by atoms with Gasteiger partial charge in [-0.05, 0) is 29.4 Å². The molecule has 1 heteroatoms. The fraction of sp³-hybridized carbons (Fsp3) is 0.500. The largest absolute Gasteiger partial charge is 0.388 e. The highest BCUT2D eigenvalue weighted by molar-refractivity contribution is 5.36. The van der Waals surface area contributed by atoms with Gasteiger partial charge in [-0.25, -0.2) is 0 Å². The number of hydrogen-bond donors (Lipinski definition) is 1. The average Bonchev–Trinajstić information content (AvgIpc) is 2.13. The van der Waals surface area contributed by atoms with E-state index in [1.807, 2.05) is 12.1 Å². The third-order valence-electron chi connectivity index (χ3n) is 3.09. The fourth-order valence-corrected chi connectivity index (χ4v) is 2.19. The van der Waals surface area contributed by atoms with Crippen molar-refractivity contribution in [2.24, 2.45) is 0 Å². The molecule has 70 valence electrons. The third kappa shape index (κ3) is 1.37. The molecule has 0 heterocycles. The smallest absolute Gasteiger partial charge is 0.0793 e. The zero-order valence-electron chi connectivity index (χ0n) is 8.25. The van der Waals surface area contributed by atoms with Crippen LogP contribution in [0, 0.1) is 0 Å². The molecule has 0 spiro atoms. The quantitative estimate of drug-likeness (QED) is 0.644. The molecule has 2 rings (SSSR count). The third-order valence-corrected chi connectivity index (χ3v) is 3.09. The van der Waals surface area contributed by atoms with Gasteiger partial charge in [-0.15, -0.1) is 0 Å². The molecule has 1 N–H and O–H groups in total. The lowest BCUT2D eigenvalue weighted by atomic mass is 9.72. The lowest BCUT2D eigenvalue weighted by molar-refractivity contribution is 0.139. The molecule has 0 aliphatic heterocycles. The van der Waals surface area contributed by atoms with Crippen LogP contribution in [0.5, 0.6) is 0 Å². The highest BCUT2D eigenvalue weighted by Crippen LogP contribution is 2.40. The summed E-state index contributed by atoms with van der Waals surface area (Å²) in [6.07, 6.45) is 1.72. The Labute approximate surface area is 79.4 Å². The number of aliphatic hydroxyl groups excluding tert-OH is 1. The van der Waals surface area contributed by atoms with E-state index >= 15 is 0 Å². The molecule has 1 atom stereocenters. The topological polar surface area (TPSA) is 20.2 Å². The van der Waals surface area contributed by atoms with Crippen LogP contribution in [0.25, 0.3) is 0 Å². The predicted molar refractivity (Wildman–Crippen MR) is 53.7 cm³/mol. The Morgan fingerprint density at radius 1 is 1.31 bits per heavy atom. The van der Waals surface area contributed by atoms with Gasteiger partial charge >= 0.3 is 0 Å². The summed E-state index contributed by atoms with van der Waals surface area (Å²) in [7, 11) is 0. The second-order valence-corrected chi connectivity index (χ2v) is 4.53. The Morgan fingerprint density at radius 3 is 2.69 bits per heavy atom. The maximum Gasteiger partial charge on any atom is 0.0793 e. The molecule has 0 fully saturated rings. The van der Waals surface area contributed by atoms with Gasteiger partial charge < -0.3 is 5.11 Å². The summed E-state index contributed by atoms with van der Waals surface area (Å²) in [6, 6.07) is 8.24. The van der Waals surface area contributed by atoms with E-state index in [-0.39, 0.29) is 11.5 Å². The maximum absolute atomic E-state index is 9.79. The van der Waals surface area contributed by atoms with E-state index in [1.54, 1.807) is 0 Å². The van der Waals surface area contributed by atoms with Crippen LogP contribution in [0.2, 0.25) is 0 Å². The first-order chi connectivity index (χ1) is 6.11. The van der Waals surface area contributed by atoms with Crippen molar-refractivity contribution in [1.82, 2.24) is 0 Å². The number of rotatable bonds is 0. The van der Waals surface area contributed by atoms with Gasteiger partial charge in [0.15, 0.2) is 0 Å². The van der Waals surface area contributed by atoms with E-state index in [9.17, 15) is 5.11 Å². The van der Waals surface area contributed by atoms with Gasteiger partial charge in [-0.1, -0.05) is 38.1 Å². The molecule has 0 radical (unpaired) electrons. The minimum absolute atomic E-state index is 0.232. The number of fused-ring (bicyclic) bond motifs is 1. The molecular formula is C12H16O. The molecule has 1 aliphatic rings. The van der Waals surface area contributed by atoms with Crippen molar-refractivity contribution < 1.29 is 5.11 Å².